The summed E-state index contributed by atoms with van der Waals surface area (Å²) in [6.45, 7) is 3.94. The number of rotatable bonds is 7. The monoisotopic (exact) mass is 394 g/mol. The van der Waals surface area contributed by atoms with Crippen LogP contribution in [0.15, 0.2) is 42.5 Å². The average Bonchev–Trinajstić information content (AvgIpc) is 2.58. The molecule has 0 aliphatic rings. The van der Waals surface area contributed by atoms with Crippen molar-refractivity contribution in [1.82, 2.24) is 5.32 Å². The molecular formula is C19H20Cl2N2O3. The van der Waals surface area contributed by atoms with Gasteiger partial charge in [0, 0.05) is 30.7 Å². The molecule has 0 bridgehead atoms. The molecule has 2 aromatic rings. The molecule has 2 rings (SSSR count). The van der Waals surface area contributed by atoms with Gasteiger partial charge in [-0.3, -0.25) is 9.59 Å². The summed E-state index contributed by atoms with van der Waals surface area (Å²) in [5, 5.41) is 3.56. The van der Waals surface area contributed by atoms with E-state index in [1.54, 1.807) is 23.1 Å². The minimum atomic E-state index is -0.302. The normalized spacial score (nSPS) is 10.3. The summed E-state index contributed by atoms with van der Waals surface area (Å²) in [7, 11) is 0. The Balaban J connectivity index is 1.84. The van der Waals surface area contributed by atoms with Crippen molar-refractivity contribution in [2.24, 2.45) is 0 Å². The second kappa shape index (κ2) is 9.46. The van der Waals surface area contributed by atoms with E-state index in [1.807, 2.05) is 31.2 Å². The number of aryl methyl sites for hydroxylation is 1. The fraction of sp³-hybridized carbons (Fsp3) is 0.263. The smallest absolute Gasteiger partial charge is 0.258 e. The molecule has 0 aromatic heterocycles. The molecule has 5 nitrogen and oxygen atoms in total. The lowest BCUT2D eigenvalue weighted by Crippen LogP contribution is -2.39. The number of ether oxygens (including phenoxy) is 1. The second-order valence-corrected chi connectivity index (χ2v) is 6.51. The highest BCUT2D eigenvalue weighted by Crippen LogP contribution is 2.27. The van der Waals surface area contributed by atoms with Crippen LogP contribution in [0.5, 0.6) is 5.75 Å². The first-order chi connectivity index (χ1) is 12.4. The lowest BCUT2D eigenvalue weighted by Gasteiger charge is -2.23. The Kier molecular flexibility index (Phi) is 7.30. The number of hydrogen-bond acceptors (Lipinski definition) is 3. The Bertz CT molecular complexity index is 796. The van der Waals surface area contributed by atoms with Gasteiger partial charge >= 0.3 is 0 Å². The maximum absolute atomic E-state index is 11.9. The van der Waals surface area contributed by atoms with Crippen LogP contribution in [-0.2, 0) is 9.59 Å². The minimum absolute atomic E-state index is 0.0854. The molecule has 0 heterocycles. The number of nitrogens with zero attached hydrogens (tertiary/aromatic N) is 1. The van der Waals surface area contributed by atoms with E-state index in [-0.39, 0.29) is 18.4 Å². The summed E-state index contributed by atoms with van der Waals surface area (Å²) in [6.07, 6.45) is 0. The third-order valence-corrected chi connectivity index (χ3v) is 4.23. The van der Waals surface area contributed by atoms with Crippen LogP contribution in [-0.4, -0.2) is 31.5 Å². The molecule has 138 valence electrons. The van der Waals surface area contributed by atoms with Crippen LogP contribution in [0.3, 0.4) is 0 Å². The zero-order valence-corrected chi connectivity index (χ0v) is 16.1. The van der Waals surface area contributed by atoms with E-state index < -0.39 is 0 Å². The molecule has 0 aliphatic heterocycles. The van der Waals surface area contributed by atoms with Gasteiger partial charge in [0.05, 0.1) is 5.02 Å². The van der Waals surface area contributed by atoms with Crippen molar-refractivity contribution < 1.29 is 14.3 Å². The summed E-state index contributed by atoms with van der Waals surface area (Å²) < 4.78 is 5.38. The Morgan fingerprint density at radius 2 is 1.88 bits per heavy atom. The van der Waals surface area contributed by atoms with Crippen LogP contribution in [0.2, 0.25) is 10.0 Å². The van der Waals surface area contributed by atoms with Gasteiger partial charge in [-0.2, -0.15) is 0 Å². The summed E-state index contributed by atoms with van der Waals surface area (Å²) in [4.78, 5) is 25.5. The highest BCUT2D eigenvalue weighted by atomic mass is 35.5. The van der Waals surface area contributed by atoms with Crippen LogP contribution in [0, 0.1) is 6.92 Å². The van der Waals surface area contributed by atoms with Crippen LogP contribution in [0.25, 0.3) is 0 Å². The van der Waals surface area contributed by atoms with Gasteiger partial charge in [0.2, 0.25) is 5.91 Å². The molecule has 0 saturated carbocycles. The standard InChI is InChI=1S/C19H20Cl2N2O3/c1-13-5-3-4-6-17(13)23(14(2)24)10-9-22-19(25)12-26-18-8-7-15(20)11-16(18)21/h3-8,11H,9-10,12H2,1-2H3,(H,22,25). The lowest BCUT2D eigenvalue weighted by molar-refractivity contribution is -0.123. The second-order valence-electron chi connectivity index (χ2n) is 5.67. The highest BCUT2D eigenvalue weighted by Gasteiger charge is 2.14. The first-order valence-electron chi connectivity index (χ1n) is 8.06. The Morgan fingerprint density at radius 3 is 2.54 bits per heavy atom. The molecule has 1 N–H and O–H groups in total. The molecule has 0 atom stereocenters. The molecule has 2 amide bonds. The summed E-state index contributed by atoms with van der Waals surface area (Å²) in [6, 6.07) is 12.4. The van der Waals surface area contributed by atoms with E-state index in [2.05, 4.69) is 5.32 Å². The highest BCUT2D eigenvalue weighted by molar-refractivity contribution is 6.35. The summed E-state index contributed by atoms with van der Waals surface area (Å²) in [5.41, 5.74) is 1.83. The molecule has 7 heteroatoms. The number of nitrogens with one attached hydrogen (secondary N) is 1. The van der Waals surface area contributed by atoms with Gasteiger partial charge in [-0.15, -0.1) is 0 Å². The van der Waals surface area contributed by atoms with Crippen molar-refractivity contribution >= 4 is 40.7 Å². The van der Waals surface area contributed by atoms with Crippen molar-refractivity contribution in [2.75, 3.05) is 24.6 Å². The van der Waals surface area contributed by atoms with Crippen molar-refractivity contribution in [1.29, 1.82) is 0 Å². The van der Waals surface area contributed by atoms with E-state index in [1.165, 1.54) is 6.92 Å². The maximum atomic E-state index is 11.9. The topological polar surface area (TPSA) is 58.6 Å². The Hall–Kier alpha value is -2.24. The molecule has 26 heavy (non-hydrogen) atoms. The van der Waals surface area contributed by atoms with Crippen LogP contribution < -0.4 is 15.0 Å². The lowest BCUT2D eigenvalue weighted by atomic mass is 10.2. The van der Waals surface area contributed by atoms with E-state index in [4.69, 9.17) is 27.9 Å². The molecule has 0 aliphatic carbocycles. The first-order valence-corrected chi connectivity index (χ1v) is 8.82. The quantitative estimate of drug-likeness (QED) is 0.775. The number of halogens is 2. The predicted molar refractivity (Wildman–Crippen MR) is 104 cm³/mol. The largest absolute Gasteiger partial charge is 0.482 e. The molecule has 0 spiro atoms. The van der Waals surface area contributed by atoms with Gasteiger partial charge in [-0.05, 0) is 36.8 Å². The number of carbonyl (C=O) groups is 2. The Morgan fingerprint density at radius 1 is 1.15 bits per heavy atom. The fourth-order valence-electron chi connectivity index (χ4n) is 2.41. The number of amides is 2. The molecule has 0 saturated heterocycles. The number of anilines is 1. The van der Waals surface area contributed by atoms with E-state index >= 15 is 0 Å². The van der Waals surface area contributed by atoms with E-state index in [0.29, 0.717) is 28.9 Å². The van der Waals surface area contributed by atoms with Crippen molar-refractivity contribution in [2.45, 2.75) is 13.8 Å². The van der Waals surface area contributed by atoms with E-state index in [0.717, 1.165) is 11.3 Å². The van der Waals surface area contributed by atoms with Crippen molar-refractivity contribution in [3.8, 4) is 5.75 Å². The van der Waals surface area contributed by atoms with Crippen LogP contribution >= 0.6 is 23.2 Å². The molecular weight excluding hydrogens is 375 g/mol. The average molecular weight is 395 g/mol. The third kappa shape index (κ3) is 5.64. The van der Waals surface area contributed by atoms with Crippen LogP contribution in [0.1, 0.15) is 12.5 Å². The third-order valence-electron chi connectivity index (χ3n) is 3.70. The SMILES string of the molecule is CC(=O)N(CCNC(=O)COc1ccc(Cl)cc1Cl)c1ccccc1C. The van der Waals surface area contributed by atoms with Crippen molar-refractivity contribution in [3.05, 3.63) is 58.1 Å². The maximum Gasteiger partial charge on any atom is 0.258 e. The van der Waals surface area contributed by atoms with E-state index in [9.17, 15) is 9.59 Å². The number of hydrogen-bond donors (Lipinski definition) is 1. The van der Waals surface area contributed by atoms with Gasteiger partial charge in [-0.1, -0.05) is 41.4 Å². The zero-order valence-electron chi connectivity index (χ0n) is 14.6. The predicted octanol–water partition coefficient (Wildman–Crippen LogP) is 3.85. The molecule has 0 radical (unpaired) electrons. The fourth-order valence-corrected chi connectivity index (χ4v) is 2.87. The van der Waals surface area contributed by atoms with Gasteiger partial charge in [-0.25, -0.2) is 0 Å². The van der Waals surface area contributed by atoms with Gasteiger partial charge < -0.3 is 15.0 Å². The Labute approximate surface area is 162 Å². The zero-order chi connectivity index (χ0) is 19.1. The van der Waals surface area contributed by atoms with Gasteiger partial charge in [0.1, 0.15) is 5.75 Å². The summed E-state index contributed by atoms with van der Waals surface area (Å²) >= 11 is 11.8. The first kappa shape index (κ1) is 20.1. The van der Waals surface area contributed by atoms with Gasteiger partial charge in [0.15, 0.2) is 6.61 Å². The number of para-hydroxylation sites is 1. The van der Waals surface area contributed by atoms with Gasteiger partial charge in [0.25, 0.3) is 5.91 Å². The molecule has 0 fully saturated rings. The van der Waals surface area contributed by atoms with Crippen LogP contribution in [0.4, 0.5) is 5.69 Å². The minimum Gasteiger partial charge on any atom is -0.482 e. The molecule has 0 unspecified atom stereocenters. The molecule has 2 aromatic carbocycles. The summed E-state index contributed by atoms with van der Waals surface area (Å²) in [5.74, 6) is -0.00135. The van der Waals surface area contributed by atoms with Crippen molar-refractivity contribution in [3.63, 3.8) is 0 Å². The number of carbonyl (C=O) groups excluding carboxylic acids is 2. The number of benzene rings is 2.